The molecular formula is C18H29N3O2. The third kappa shape index (κ3) is 5.22. The van der Waals surface area contributed by atoms with Crippen LogP contribution in [-0.2, 0) is 0 Å². The molecule has 0 bridgehead atoms. The van der Waals surface area contributed by atoms with Gasteiger partial charge in [-0.25, -0.2) is 0 Å². The summed E-state index contributed by atoms with van der Waals surface area (Å²) in [6.45, 7) is 6.46. The molecule has 1 aliphatic rings. The molecule has 2 rings (SSSR count). The molecule has 1 aromatic rings. The molecule has 1 unspecified atom stereocenters. The van der Waals surface area contributed by atoms with Gasteiger partial charge in [0.2, 0.25) is 0 Å². The fourth-order valence-corrected chi connectivity index (χ4v) is 3.02. The summed E-state index contributed by atoms with van der Waals surface area (Å²) in [6.07, 6.45) is 4.96. The summed E-state index contributed by atoms with van der Waals surface area (Å²) in [6, 6.07) is 5.00. The molecule has 128 valence electrons. The van der Waals surface area contributed by atoms with Gasteiger partial charge in [0.25, 0.3) is 0 Å². The number of ether oxygens (including phenoxy) is 1. The number of ketones is 1. The highest BCUT2D eigenvalue weighted by Crippen LogP contribution is 2.22. The number of nitrogens with one attached hydrogen (secondary N) is 1. The number of methoxy groups -OCH3 is 1. The fraction of sp³-hybridized carbons (Fsp3) is 0.611. The molecule has 0 saturated carbocycles. The normalized spacial score (nSPS) is 16.4. The average molecular weight is 319 g/mol. The summed E-state index contributed by atoms with van der Waals surface area (Å²) >= 11 is 0. The van der Waals surface area contributed by atoms with E-state index in [0.717, 1.165) is 13.0 Å². The van der Waals surface area contributed by atoms with Crippen LogP contribution >= 0.6 is 0 Å². The number of unbranched alkanes of at least 4 members (excludes halogenated alkanes) is 1. The van der Waals surface area contributed by atoms with Crippen LogP contribution < -0.4 is 15.8 Å². The second kappa shape index (κ2) is 8.89. The highest BCUT2D eigenvalue weighted by Gasteiger charge is 2.16. The van der Waals surface area contributed by atoms with Crippen molar-refractivity contribution in [2.75, 3.05) is 39.0 Å². The minimum Gasteiger partial charge on any atom is -0.495 e. The van der Waals surface area contributed by atoms with Gasteiger partial charge in [0.15, 0.2) is 5.78 Å². The number of hydrogen-bond donors (Lipinski definition) is 2. The Balaban J connectivity index is 1.70. The van der Waals surface area contributed by atoms with E-state index in [4.69, 9.17) is 10.5 Å². The van der Waals surface area contributed by atoms with Crippen molar-refractivity contribution >= 4 is 11.5 Å². The van der Waals surface area contributed by atoms with Crippen LogP contribution in [0.1, 0.15) is 43.0 Å². The molecule has 1 heterocycles. The average Bonchev–Trinajstić information content (AvgIpc) is 3.07. The third-order valence-electron chi connectivity index (χ3n) is 4.46. The summed E-state index contributed by atoms with van der Waals surface area (Å²) in [5.41, 5.74) is 6.99. The smallest absolute Gasteiger partial charge is 0.179 e. The van der Waals surface area contributed by atoms with E-state index < -0.39 is 0 Å². The minimum atomic E-state index is -0.199. The predicted octanol–water partition coefficient (Wildman–Crippen LogP) is 2.31. The van der Waals surface area contributed by atoms with Gasteiger partial charge in [-0.1, -0.05) is 0 Å². The van der Waals surface area contributed by atoms with Crippen LogP contribution in [0.15, 0.2) is 18.2 Å². The number of rotatable bonds is 9. The highest BCUT2D eigenvalue weighted by atomic mass is 16.5. The van der Waals surface area contributed by atoms with Crippen molar-refractivity contribution in [2.24, 2.45) is 0 Å². The van der Waals surface area contributed by atoms with Crippen molar-refractivity contribution in [1.29, 1.82) is 0 Å². The topological polar surface area (TPSA) is 67.6 Å². The Morgan fingerprint density at radius 2 is 2.09 bits per heavy atom. The first-order chi connectivity index (χ1) is 11.1. The maximum Gasteiger partial charge on any atom is 0.179 e. The van der Waals surface area contributed by atoms with Crippen LogP contribution in [0.25, 0.3) is 0 Å². The van der Waals surface area contributed by atoms with E-state index in [-0.39, 0.29) is 11.8 Å². The summed E-state index contributed by atoms with van der Waals surface area (Å²) in [4.78, 5) is 14.9. The maximum atomic E-state index is 12.4. The van der Waals surface area contributed by atoms with E-state index in [2.05, 4.69) is 10.2 Å². The SMILES string of the molecule is COc1ccc(C(=O)C(C)NCCCCN2CCCC2)cc1N. The zero-order valence-electron chi connectivity index (χ0n) is 14.3. The molecule has 1 saturated heterocycles. The number of anilines is 1. The first-order valence-corrected chi connectivity index (χ1v) is 8.55. The quantitative estimate of drug-likeness (QED) is 0.415. The Morgan fingerprint density at radius 1 is 1.35 bits per heavy atom. The molecule has 0 spiro atoms. The van der Waals surface area contributed by atoms with Gasteiger partial charge in [-0.05, 0) is 77.0 Å². The number of nitrogens with two attached hydrogens (primary N) is 1. The van der Waals surface area contributed by atoms with E-state index >= 15 is 0 Å². The molecule has 0 amide bonds. The molecule has 0 aliphatic carbocycles. The Hall–Kier alpha value is -1.59. The summed E-state index contributed by atoms with van der Waals surface area (Å²) in [5, 5.41) is 3.31. The molecule has 0 aromatic heterocycles. The second-order valence-corrected chi connectivity index (χ2v) is 6.25. The van der Waals surface area contributed by atoms with Crippen molar-refractivity contribution in [3.63, 3.8) is 0 Å². The van der Waals surface area contributed by atoms with Gasteiger partial charge in [0.05, 0.1) is 18.8 Å². The zero-order chi connectivity index (χ0) is 16.7. The lowest BCUT2D eigenvalue weighted by molar-refractivity contribution is 0.0951. The zero-order valence-corrected chi connectivity index (χ0v) is 14.3. The first kappa shape index (κ1) is 17.8. The Labute approximate surface area is 139 Å². The number of likely N-dealkylation sites (tertiary alicyclic amines) is 1. The molecule has 5 heteroatoms. The van der Waals surface area contributed by atoms with E-state index in [1.165, 1.54) is 38.9 Å². The van der Waals surface area contributed by atoms with Gasteiger partial charge in [-0.15, -0.1) is 0 Å². The lowest BCUT2D eigenvalue weighted by atomic mass is 10.0. The summed E-state index contributed by atoms with van der Waals surface area (Å²) in [5.74, 6) is 0.669. The number of hydrogen-bond acceptors (Lipinski definition) is 5. The van der Waals surface area contributed by atoms with Gasteiger partial charge in [0, 0.05) is 5.56 Å². The fourth-order valence-electron chi connectivity index (χ4n) is 3.02. The number of carbonyl (C=O) groups is 1. The highest BCUT2D eigenvalue weighted by molar-refractivity contribution is 6.00. The number of benzene rings is 1. The molecule has 3 N–H and O–H groups in total. The first-order valence-electron chi connectivity index (χ1n) is 8.55. The van der Waals surface area contributed by atoms with E-state index in [0.29, 0.717) is 17.0 Å². The van der Waals surface area contributed by atoms with Crippen molar-refractivity contribution in [2.45, 2.75) is 38.6 Å². The molecule has 23 heavy (non-hydrogen) atoms. The van der Waals surface area contributed by atoms with Crippen LogP contribution in [0.5, 0.6) is 5.75 Å². The van der Waals surface area contributed by atoms with E-state index in [9.17, 15) is 4.79 Å². The van der Waals surface area contributed by atoms with E-state index in [1.807, 2.05) is 6.92 Å². The van der Waals surface area contributed by atoms with E-state index in [1.54, 1.807) is 25.3 Å². The van der Waals surface area contributed by atoms with Crippen LogP contribution in [0, 0.1) is 0 Å². The third-order valence-corrected chi connectivity index (χ3v) is 4.46. The molecule has 1 aliphatic heterocycles. The second-order valence-electron chi connectivity index (χ2n) is 6.25. The number of carbonyl (C=O) groups excluding carboxylic acids is 1. The summed E-state index contributed by atoms with van der Waals surface area (Å²) in [7, 11) is 1.57. The van der Waals surface area contributed by atoms with Crippen molar-refractivity contribution in [3.05, 3.63) is 23.8 Å². The van der Waals surface area contributed by atoms with Crippen LogP contribution in [-0.4, -0.2) is 50.0 Å². The van der Waals surface area contributed by atoms with Crippen LogP contribution in [0.3, 0.4) is 0 Å². The maximum absolute atomic E-state index is 12.4. The predicted molar refractivity (Wildman–Crippen MR) is 94.1 cm³/mol. The van der Waals surface area contributed by atoms with Gasteiger partial charge in [-0.2, -0.15) is 0 Å². The number of nitrogen functional groups attached to an aromatic ring is 1. The molecule has 1 aromatic carbocycles. The lowest BCUT2D eigenvalue weighted by Gasteiger charge is -2.16. The molecule has 0 radical (unpaired) electrons. The number of Topliss-reactive ketones (excluding diaryl/α,β-unsaturated/α-hetero) is 1. The number of nitrogens with zero attached hydrogens (tertiary/aromatic N) is 1. The molecular weight excluding hydrogens is 290 g/mol. The Kier molecular flexibility index (Phi) is 6.86. The van der Waals surface area contributed by atoms with Gasteiger partial charge in [0.1, 0.15) is 5.75 Å². The molecule has 1 fully saturated rings. The van der Waals surface area contributed by atoms with Crippen LogP contribution in [0.2, 0.25) is 0 Å². The van der Waals surface area contributed by atoms with Gasteiger partial charge >= 0.3 is 0 Å². The monoisotopic (exact) mass is 319 g/mol. The largest absolute Gasteiger partial charge is 0.495 e. The van der Waals surface area contributed by atoms with Crippen molar-refractivity contribution < 1.29 is 9.53 Å². The molecule has 1 atom stereocenters. The van der Waals surface area contributed by atoms with Crippen molar-refractivity contribution in [3.8, 4) is 5.75 Å². The minimum absolute atomic E-state index is 0.0684. The lowest BCUT2D eigenvalue weighted by Crippen LogP contribution is -2.35. The van der Waals surface area contributed by atoms with Gasteiger partial charge in [-0.3, -0.25) is 4.79 Å². The van der Waals surface area contributed by atoms with Gasteiger partial charge < -0.3 is 20.7 Å². The Morgan fingerprint density at radius 3 is 2.74 bits per heavy atom. The van der Waals surface area contributed by atoms with Crippen molar-refractivity contribution in [1.82, 2.24) is 10.2 Å². The summed E-state index contributed by atoms with van der Waals surface area (Å²) < 4.78 is 5.12. The van der Waals surface area contributed by atoms with Crippen LogP contribution in [0.4, 0.5) is 5.69 Å². The Bertz CT molecular complexity index is 513. The standard InChI is InChI=1S/C18H29N3O2/c1-14(20-9-3-4-10-21-11-5-6-12-21)18(22)15-7-8-17(23-2)16(19)13-15/h7-8,13-14,20H,3-6,9-12,19H2,1-2H3. The molecule has 5 nitrogen and oxygen atoms in total.